The number of rotatable bonds is 0. The molecule has 1 atom stereocenters. The van der Waals surface area contributed by atoms with Crippen molar-refractivity contribution in [3.63, 3.8) is 0 Å². The van der Waals surface area contributed by atoms with Gasteiger partial charge in [-0.2, -0.15) is 0 Å². The number of anilines is 2. The smallest absolute Gasteiger partial charge is 0.139 e. The minimum atomic E-state index is -0.215. The largest absolute Gasteiger partial charge is 0.381 e. The van der Waals surface area contributed by atoms with Crippen LogP contribution in [-0.2, 0) is 4.74 Å². The quantitative estimate of drug-likeness (QED) is 0.792. The van der Waals surface area contributed by atoms with E-state index < -0.39 is 0 Å². The van der Waals surface area contributed by atoms with Crippen molar-refractivity contribution in [2.75, 3.05) is 36.5 Å². The first kappa shape index (κ1) is 10.4. The molecule has 1 unspecified atom stereocenters. The van der Waals surface area contributed by atoms with E-state index in [1.807, 2.05) is 0 Å². The van der Waals surface area contributed by atoms with Crippen molar-refractivity contribution >= 4 is 27.3 Å². The molecule has 2 aliphatic heterocycles. The van der Waals surface area contributed by atoms with Crippen LogP contribution in [0.2, 0.25) is 0 Å². The summed E-state index contributed by atoms with van der Waals surface area (Å²) in [6.07, 6.45) is 0. The van der Waals surface area contributed by atoms with Crippen LogP contribution >= 0.6 is 15.9 Å². The molecule has 2 aliphatic rings. The van der Waals surface area contributed by atoms with E-state index in [1.54, 1.807) is 12.1 Å². The third-order valence-electron chi connectivity index (χ3n) is 3.10. The second-order valence-corrected chi connectivity index (χ2v) is 4.94. The monoisotopic (exact) mass is 286 g/mol. The lowest BCUT2D eigenvalue weighted by Gasteiger charge is -2.42. The van der Waals surface area contributed by atoms with E-state index in [2.05, 4.69) is 26.1 Å². The van der Waals surface area contributed by atoms with Crippen LogP contribution in [0.25, 0.3) is 0 Å². The molecule has 1 fully saturated rings. The third-order valence-corrected chi connectivity index (χ3v) is 3.71. The number of hydrogen-bond donors (Lipinski definition) is 1. The number of nitrogens with zero attached hydrogens (tertiary/aromatic N) is 1. The van der Waals surface area contributed by atoms with Crippen molar-refractivity contribution in [2.45, 2.75) is 6.04 Å². The average Bonchev–Trinajstić information content (AvgIpc) is 2.31. The van der Waals surface area contributed by atoms with E-state index in [9.17, 15) is 4.39 Å². The summed E-state index contributed by atoms with van der Waals surface area (Å²) >= 11 is 3.20. The number of nitrogens with one attached hydrogen (secondary N) is 1. The fraction of sp³-hybridized carbons (Fsp3) is 0.455. The van der Waals surface area contributed by atoms with Gasteiger partial charge in [0.25, 0.3) is 0 Å². The maximum absolute atomic E-state index is 13.5. The van der Waals surface area contributed by atoms with Crippen LogP contribution < -0.4 is 10.2 Å². The Morgan fingerprint density at radius 1 is 1.50 bits per heavy atom. The second-order valence-electron chi connectivity index (χ2n) is 4.09. The minimum Gasteiger partial charge on any atom is -0.381 e. The van der Waals surface area contributed by atoms with E-state index in [4.69, 9.17) is 4.74 Å². The van der Waals surface area contributed by atoms with Gasteiger partial charge in [-0.1, -0.05) is 0 Å². The van der Waals surface area contributed by atoms with Crippen LogP contribution in [0.4, 0.5) is 15.8 Å². The van der Waals surface area contributed by atoms with Gasteiger partial charge < -0.3 is 15.0 Å². The Kier molecular flexibility index (Phi) is 2.52. The number of ether oxygens (including phenoxy) is 1. The highest BCUT2D eigenvalue weighted by Gasteiger charge is 2.29. The molecule has 0 radical (unpaired) electrons. The topological polar surface area (TPSA) is 24.5 Å². The van der Waals surface area contributed by atoms with Gasteiger partial charge in [-0.05, 0) is 22.0 Å². The molecule has 86 valence electrons. The Morgan fingerprint density at radius 3 is 3.25 bits per heavy atom. The molecule has 5 heteroatoms. The first-order valence-corrected chi connectivity index (χ1v) is 6.12. The molecule has 3 nitrogen and oxygen atoms in total. The molecule has 1 saturated heterocycles. The molecule has 1 aromatic rings. The number of morpholine rings is 1. The van der Waals surface area contributed by atoms with Crippen molar-refractivity contribution in [3.05, 3.63) is 22.4 Å². The fourth-order valence-electron chi connectivity index (χ4n) is 2.28. The van der Waals surface area contributed by atoms with Gasteiger partial charge in [-0.15, -0.1) is 0 Å². The maximum Gasteiger partial charge on any atom is 0.139 e. The molecule has 1 aromatic carbocycles. The maximum atomic E-state index is 13.5. The van der Waals surface area contributed by atoms with Crippen molar-refractivity contribution in [1.29, 1.82) is 0 Å². The minimum absolute atomic E-state index is 0.215. The van der Waals surface area contributed by atoms with E-state index in [0.717, 1.165) is 24.5 Å². The Hall–Kier alpha value is -0.810. The zero-order valence-corrected chi connectivity index (χ0v) is 10.3. The van der Waals surface area contributed by atoms with Gasteiger partial charge in [-0.25, -0.2) is 4.39 Å². The zero-order chi connectivity index (χ0) is 11.1. The Morgan fingerprint density at radius 2 is 2.38 bits per heavy atom. The number of halogens is 2. The number of hydrogen-bond acceptors (Lipinski definition) is 3. The molecule has 2 heterocycles. The predicted octanol–water partition coefficient (Wildman–Crippen LogP) is 2.22. The molecule has 0 aliphatic carbocycles. The lowest BCUT2D eigenvalue weighted by Crippen LogP contribution is -2.51. The van der Waals surface area contributed by atoms with Gasteiger partial charge >= 0.3 is 0 Å². The summed E-state index contributed by atoms with van der Waals surface area (Å²) in [5.74, 6) is -0.215. The van der Waals surface area contributed by atoms with Crippen molar-refractivity contribution in [2.24, 2.45) is 0 Å². The van der Waals surface area contributed by atoms with E-state index in [-0.39, 0.29) is 5.82 Å². The molecule has 3 rings (SSSR count). The SMILES string of the molecule is Fc1cc2c(cc1Br)NCC1COCCN21. The van der Waals surface area contributed by atoms with Gasteiger partial charge in [0, 0.05) is 19.2 Å². The van der Waals surface area contributed by atoms with Crippen LogP contribution in [-0.4, -0.2) is 32.3 Å². The number of benzene rings is 1. The molecule has 0 amide bonds. The van der Waals surface area contributed by atoms with Crippen LogP contribution in [0.5, 0.6) is 0 Å². The molecule has 0 spiro atoms. The summed E-state index contributed by atoms with van der Waals surface area (Å²) < 4.78 is 19.5. The molecule has 16 heavy (non-hydrogen) atoms. The summed E-state index contributed by atoms with van der Waals surface area (Å²) in [7, 11) is 0. The van der Waals surface area contributed by atoms with E-state index in [0.29, 0.717) is 23.7 Å². The molecule has 0 aromatic heterocycles. The zero-order valence-electron chi connectivity index (χ0n) is 8.67. The lowest BCUT2D eigenvalue weighted by atomic mass is 10.1. The molecule has 0 bridgehead atoms. The summed E-state index contributed by atoms with van der Waals surface area (Å²) in [6, 6.07) is 3.71. The van der Waals surface area contributed by atoms with Crippen LogP contribution in [0.15, 0.2) is 16.6 Å². The summed E-state index contributed by atoms with van der Waals surface area (Å²) in [5, 5.41) is 3.31. The van der Waals surface area contributed by atoms with Gasteiger partial charge in [0.05, 0.1) is 35.1 Å². The van der Waals surface area contributed by atoms with Crippen LogP contribution in [0.1, 0.15) is 0 Å². The predicted molar refractivity (Wildman–Crippen MR) is 64.5 cm³/mol. The summed E-state index contributed by atoms with van der Waals surface area (Å²) in [6.45, 7) is 3.11. The van der Waals surface area contributed by atoms with Gasteiger partial charge in [0.1, 0.15) is 5.82 Å². The molecule has 1 N–H and O–H groups in total. The first-order chi connectivity index (χ1) is 7.75. The van der Waals surface area contributed by atoms with Crippen molar-refractivity contribution in [3.8, 4) is 0 Å². The standard InChI is InChI=1S/C11H12BrFN2O/c12-8-3-10-11(4-9(8)13)15-1-2-16-6-7(15)5-14-10/h3-4,7,14H,1-2,5-6H2. The second kappa shape index (κ2) is 3.89. The van der Waals surface area contributed by atoms with Crippen molar-refractivity contribution in [1.82, 2.24) is 0 Å². The average molecular weight is 287 g/mol. The highest BCUT2D eigenvalue weighted by atomic mass is 79.9. The molecule has 0 saturated carbocycles. The fourth-order valence-corrected chi connectivity index (χ4v) is 2.63. The highest BCUT2D eigenvalue weighted by molar-refractivity contribution is 9.10. The Balaban J connectivity index is 2.04. The Bertz CT molecular complexity index is 427. The summed E-state index contributed by atoms with van der Waals surface area (Å²) in [5.41, 5.74) is 1.94. The van der Waals surface area contributed by atoms with Gasteiger partial charge in [-0.3, -0.25) is 0 Å². The van der Waals surface area contributed by atoms with Gasteiger partial charge in [0.2, 0.25) is 0 Å². The third kappa shape index (κ3) is 1.58. The van der Waals surface area contributed by atoms with Crippen LogP contribution in [0.3, 0.4) is 0 Å². The van der Waals surface area contributed by atoms with Crippen LogP contribution in [0, 0.1) is 5.82 Å². The molecular weight excluding hydrogens is 275 g/mol. The lowest BCUT2D eigenvalue weighted by molar-refractivity contribution is 0.0963. The van der Waals surface area contributed by atoms with Gasteiger partial charge in [0.15, 0.2) is 0 Å². The van der Waals surface area contributed by atoms with E-state index in [1.165, 1.54) is 0 Å². The van der Waals surface area contributed by atoms with Crippen molar-refractivity contribution < 1.29 is 9.13 Å². The summed E-state index contributed by atoms with van der Waals surface area (Å²) in [4.78, 5) is 2.23. The highest BCUT2D eigenvalue weighted by Crippen LogP contribution is 2.36. The first-order valence-electron chi connectivity index (χ1n) is 5.33. The molecular formula is C11H12BrFN2O. The normalized spacial score (nSPS) is 23.4. The number of fused-ring (bicyclic) bond motifs is 3. The van der Waals surface area contributed by atoms with E-state index >= 15 is 0 Å². The Labute approximate surface area is 102 Å².